The van der Waals surface area contributed by atoms with E-state index in [9.17, 15) is 5.11 Å². The summed E-state index contributed by atoms with van der Waals surface area (Å²) < 4.78 is 5.79. The number of aromatic hydroxyl groups is 1. The van der Waals surface area contributed by atoms with Gasteiger partial charge in [0.2, 0.25) is 0 Å². The summed E-state index contributed by atoms with van der Waals surface area (Å²) in [7, 11) is 0. The van der Waals surface area contributed by atoms with E-state index < -0.39 is 0 Å². The van der Waals surface area contributed by atoms with Gasteiger partial charge in [-0.15, -0.1) is 0 Å². The number of aromatic nitrogens is 2. The second-order valence-electron chi connectivity index (χ2n) is 4.61. The molecule has 0 aliphatic rings. The van der Waals surface area contributed by atoms with Crippen LogP contribution in [-0.2, 0) is 0 Å². The first-order valence-electron chi connectivity index (χ1n) is 6.58. The summed E-state index contributed by atoms with van der Waals surface area (Å²) in [6, 6.07) is 17.1. The molecule has 104 valence electrons. The zero-order valence-corrected chi connectivity index (χ0v) is 11.5. The van der Waals surface area contributed by atoms with Crippen LogP contribution in [-0.4, -0.2) is 15.1 Å². The summed E-state index contributed by atoms with van der Waals surface area (Å²) in [4.78, 5) is 8.42. The lowest BCUT2D eigenvalue weighted by molar-refractivity contribution is 0.464. The van der Waals surface area contributed by atoms with E-state index in [2.05, 4.69) is 9.97 Å². The van der Waals surface area contributed by atoms with Gasteiger partial charge in [0.05, 0.1) is 11.9 Å². The summed E-state index contributed by atoms with van der Waals surface area (Å²) in [5, 5.41) is 9.49. The minimum Gasteiger partial charge on any atom is -0.504 e. The minimum atomic E-state index is 0.0930. The molecule has 0 amide bonds. The van der Waals surface area contributed by atoms with Gasteiger partial charge in [0.25, 0.3) is 0 Å². The molecule has 4 nitrogen and oxygen atoms in total. The van der Waals surface area contributed by atoms with E-state index in [1.54, 1.807) is 6.92 Å². The van der Waals surface area contributed by atoms with Gasteiger partial charge in [-0.3, -0.25) is 0 Å². The van der Waals surface area contributed by atoms with Crippen LogP contribution >= 0.6 is 0 Å². The van der Waals surface area contributed by atoms with Crippen molar-refractivity contribution in [3.8, 4) is 28.6 Å². The second kappa shape index (κ2) is 5.63. The largest absolute Gasteiger partial charge is 0.504 e. The van der Waals surface area contributed by atoms with Gasteiger partial charge >= 0.3 is 0 Å². The highest BCUT2D eigenvalue weighted by atomic mass is 16.5. The Bertz CT molecular complexity index is 758. The molecule has 0 aliphatic heterocycles. The van der Waals surface area contributed by atoms with Crippen molar-refractivity contribution < 1.29 is 9.84 Å². The molecule has 3 aromatic rings. The summed E-state index contributed by atoms with van der Waals surface area (Å²) in [6.07, 6.45) is 1.41. The molecule has 0 atom stereocenters. The van der Waals surface area contributed by atoms with Crippen molar-refractivity contribution in [2.75, 3.05) is 0 Å². The number of hydrogen-bond donors (Lipinski definition) is 1. The Morgan fingerprint density at radius 2 is 1.71 bits per heavy atom. The monoisotopic (exact) mass is 278 g/mol. The molecule has 1 aromatic heterocycles. The normalized spacial score (nSPS) is 10.3. The fourth-order valence-electron chi connectivity index (χ4n) is 1.92. The predicted octanol–water partition coefficient (Wildman–Crippen LogP) is 3.95. The molecule has 0 fully saturated rings. The molecule has 0 unspecified atom stereocenters. The molecule has 0 saturated carbocycles. The van der Waals surface area contributed by atoms with Gasteiger partial charge in [-0.1, -0.05) is 30.3 Å². The van der Waals surface area contributed by atoms with Gasteiger partial charge in [0, 0.05) is 5.56 Å². The van der Waals surface area contributed by atoms with E-state index in [4.69, 9.17) is 4.74 Å². The van der Waals surface area contributed by atoms with Crippen molar-refractivity contribution in [3.05, 3.63) is 66.5 Å². The van der Waals surface area contributed by atoms with E-state index in [1.807, 2.05) is 54.6 Å². The third-order valence-corrected chi connectivity index (χ3v) is 3.02. The molecule has 2 aromatic carbocycles. The van der Waals surface area contributed by atoms with Crippen LogP contribution in [0.4, 0.5) is 0 Å². The van der Waals surface area contributed by atoms with Gasteiger partial charge in [0.15, 0.2) is 11.6 Å². The third-order valence-electron chi connectivity index (χ3n) is 3.02. The van der Waals surface area contributed by atoms with Crippen LogP contribution in [0, 0.1) is 6.92 Å². The lowest BCUT2D eigenvalue weighted by Gasteiger charge is -2.07. The van der Waals surface area contributed by atoms with Crippen LogP contribution in [0.5, 0.6) is 17.2 Å². The maximum Gasteiger partial charge on any atom is 0.159 e. The van der Waals surface area contributed by atoms with Crippen LogP contribution in [0.1, 0.15) is 5.69 Å². The topological polar surface area (TPSA) is 55.2 Å². The summed E-state index contributed by atoms with van der Waals surface area (Å²) in [5.41, 5.74) is 1.39. The Kier molecular flexibility index (Phi) is 3.51. The predicted molar refractivity (Wildman–Crippen MR) is 80.4 cm³/mol. The highest BCUT2D eigenvalue weighted by Gasteiger charge is 2.06. The van der Waals surface area contributed by atoms with E-state index in [-0.39, 0.29) is 5.75 Å². The first-order valence-corrected chi connectivity index (χ1v) is 6.58. The average Bonchev–Trinajstić information content (AvgIpc) is 2.51. The molecule has 1 N–H and O–H groups in total. The van der Waals surface area contributed by atoms with Gasteiger partial charge in [-0.05, 0) is 31.2 Å². The molecule has 1 heterocycles. The number of benzene rings is 2. The second-order valence-corrected chi connectivity index (χ2v) is 4.61. The number of ether oxygens (including phenoxy) is 1. The Morgan fingerprint density at radius 3 is 2.48 bits per heavy atom. The van der Waals surface area contributed by atoms with Crippen molar-refractivity contribution in [1.82, 2.24) is 9.97 Å². The Balaban J connectivity index is 1.91. The first-order chi connectivity index (χ1) is 10.2. The van der Waals surface area contributed by atoms with Crippen molar-refractivity contribution in [2.45, 2.75) is 6.92 Å². The highest BCUT2D eigenvalue weighted by molar-refractivity contribution is 5.58. The van der Waals surface area contributed by atoms with Crippen LogP contribution in [0.25, 0.3) is 11.4 Å². The number of hydrogen-bond acceptors (Lipinski definition) is 4. The molecule has 21 heavy (non-hydrogen) atoms. The molecule has 0 aliphatic carbocycles. The average molecular weight is 278 g/mol. The molecule has 3 rings (SSSR count). The Labute approximate surface area is 122 Å². The smallest absolute Gasteiger partial charge is 0.159 e. The van der Waals surface area contributed by atoms with Gasteiger partial charge in [-0.25, -0.2) is 9.97 Å². The quantitative estimate of drug-likeness (QED) is 0.788. The lowest BCUT2D eigenvalue weighted by atomic mass is 10.2. The number of rotatable bonds is 3. The summed E-state index contributed by atoms with van der Waals surface area (Å²) >= 11 is 0. The van der Waals surface area contributed by atoms with Crippen molar-refractivity contribution in [3.63, 3.8) is 0 Å². The number of nitrogens with zero attached hydrogens (tertiary/aromatic N) is 2. The molecule has 4 heteroatoms. The van der Waals surface area contributed by atoms with E-state index in [0.29, 0.717) is 17.3 Å². The minimum absolute atomic E-state index is 0.0930. The van der Waals surface area contributed by atoms with E-state index in [1.165, 1.54) is 6.20 Å². The van der Waals surface area contributed by atoms with Crippen molar-refractivity contribution in [2.24, 2.45) is 0 Å². The zero-order valence-electron chi connectivity index (χ0n) is 11.5. The van der Waals surface area contributed by atoms with Crippen LogP contribution in [0.15, 0.2) is 60.8 Å². The number of para-hydroxylation sites is 1. The lowest BCUT2D eigenvalue weighted by Crippen LogP contribution is -1.92. The van der Waals surface area contributed by atoms with Crippen LogP contribution in [0.3, 0.4) is 0 Å². The Hall–Kier alpha value is -2.88. The molecule has 0 bridgehead atoms. The fraction of sp³-hybridized carbons (Fsp3) is 0.0588. The maximum absolute atomic E-state index is 9.49. The van der Waals surface area contributed by atoms with Gasteiger partial charge in [0.1, 0.15) is 11.5 Å². The standard InChI is InChI=1S/C17H14N2O2/c1-12-16(20)11-18-17(19-12)13-6-5-9-15(10-13)21-14-7-3-2-4-8-14/h2-11,20H,1H3. The first kappa shape index (κ1) is 13.1. The van der Waals surface area contributed by atoms with Crippen LogP contribution in [0.2, 0.25) is 0 Å². The third kappa shape index (κ3) is 3.00. The molecule has 0 saturated heterocycles. The summed E-state index contributed by atoms with van der Waals surface area (Å²) in [6.45, 7) is 1.74. The Morgan fingerprint density at radius 1 is 0.952 bits per heavy atom. The summed E-state index contributed by atoms with van der Waals surface area (Å²) in [5.74, 6) is 2.14. The highest BCUT2D eigenvalue weighted by Crippen LogP contribution is 2.26. The molecular formula is C17H14N2O2. The van der Waals surface area contributed by atoms with Crippen LogP contribution < -0.4 is 4.74 Å². The number of aryl methyl sites for hydroxylation is 1. The molecule has 0 radical (unpaired) electrons. The van der Waals surface area contributed by atoms with E-state index in [0.717, 1.165) is 11.3 Å². The fourth-order valence-corrected chi connectivity index (χ4v) is 1.92. The zero-order chi connectivity index (χ0) is 14.7. The van der Waals surface area contributed by atoms with Gasteiger partial charge < -0.3 is 9.84 Å². The SMILES string of the molecule is Cc1nc(-c2cccc(Oc3ccccc3)c2)ncc1O. The molecule has 0 spiro atoms. The van der Waals surface area contributed by atoms with Crippen molar-refractivity contribution >= 4 is 0 Å². The van der Waals surface area contributed by atoms with Gasteiger partial charge in [-0.2, -0.15) is 0 Å². The molecular weight excluding hydrogens is 264 g/mol. The maximum atomic E-state index is 9.49. The van der Waals surface area contributed by atoms with E-state index >= 15 is 0 Å². The van der Waals surface area contributed by atoms with Crippen molar-refractivity contribution in [1.29, 1.82) is 0 Å².